The third-order valence-corrected chi connectivity index (χ3v) is 1.07. The zero-order valence-corrected chi connectivity index (χ0v) is 10.4. The Hall–Kier alpha value is -1.58. The van der Waals surface area contributed by atoms with Gasteiger partial charge < -0.3 is 25.2 Å². The van der Waals surface area contributed by atoms with E-state index < -0.39 is 18.6 Å². The van der Waals surface area contributed by atoms with E-state index in [4.69, 9.17) is 40.0 Å². The minimum Gasteiger partial charge on any atom is -0.450 e. The summed E-state index contributed by atoms with van der Waals surface area (Å²) in [6.07, 6.45) is -2.35. The highest BCUT2D eigenvalue weighted by atomic mass is 17.1. The summed E-state index contributed by atoms with van der Waals surface area (Å²) in [5.41, 5.74) is 0. The molecule has 0 bridgehead atoms. The Morgan fingerprint density at radius 2 is 1.39 bits per heavy atom. The molecule has 0 amide bonds. The van der Waals surface area contributed by atoms with Gasteiger partial charge in [-0.3, -0.25) is 0 Å². The minimum atomic E-state index is -1.83. The number of carbonyl (C=O) groups is 2. The van der Waals surface area contributed by atoms with Gasteiger partial charge in [0.05, 0.1) is 6.10 Å². The van der Waals surface area contributed by atoms with Crippen LogP contribution in [0.1, 0.15) is 33.6 Å². The molecule has 0 saturated heterocycles. The summed E-state index contributed by atoms with van der Waals surface area (Å²) < 4.78 is 5.17. The number of ether oxygens (including phenoxy) is 1. The van der Waals surface area contributed by atoms with Crippen LogP contribution < -0.4 is 0 Å². The fraction of sp³-hybridized carbons (Fsp3) is 0.778. The molecule has 0 aromatic rings. The third kappa shape index (κ3) is 47.2. The Kier molecular flexibility index (Phi) is 18.6. The van der Waals surface area contributed by atoms with Gasteiger partial charge in [-0.05, 0) is 13.8 Å². The average Bonchev–Trinajstić information content (AvgIpc) is 2.14. The molecule has 9 nitrogen and oxygen atoms in total. The predicted octanol–water partition coefficient (Wildman–Crippen LogP) is 2.47. The Morgan fingerprint density at radius 1 is 1.06 bits per heavy atom. The molecule has 0 aromatic heterocycles. The summed E-state index contributed by atoms with van der Waals surface area (Å²) in [4.78, 5) is 21.2. The molecule has 0 rings (SSSR count). The van der Waals surface area contributed by atoms with Crippen molar-refractivity contribution in [2.24, 2.45) is 0 Å². The summed E-state index contributed by atoms with van der Waals surface area (Å²) in [5.74, 6) is 0. The fourth-order valence-corrected chi connectivity index (χ4v) is 0.685. The van der Waals surface area contributed by atoms with Crippen molar-refractivity contribution in [3.8, 4) is 0 Å². The van der Waals surface area contributed by atoms with Crippen LogP contribution >= 0.6 is 0 Å². The molecule has 0 aliphatic heterocycles. The first-order valence-corrected chi connectivity index (χ1v) is 4.96. The van der Waals surface area contributed by atoms with Crippen LogP contribution in [-0.4, -0.2) is 50.4 Å². The van der Waals surface area contributed by atoms with Crippen LogP contribution in [0.3, 0.4) is 0 Å². The molecule has 9 heteroatoms. The van der Waals surface area contributed by atoms with Gasteiger partial charge in [0.1, 0.15) is 0 Å². The lowest BCUT2D eigenvalue weighted by atomic mass is 10.3. The van der Waals surface area contributed by atoms with Crippen LogP contribution in [0, 0.1) is 0 Å². The first-order valence-electron chi connectivity index (χ1n) is 4.96. The topological polar surface area (TPSA) is 154 Å². The molecular formula is C9H20O9. The van der Waals surface area contributed by atoms with E-state index in [1.165, 1.54) is 0 Å². The first-order chi connectivity index (χ1) is 8.17. The van der Waals surface area contributed by atoms with Crippen molar-refractivity contribution in [2.45, 2.75) is 46.0 Å². The largest absolute Gasteiger partial charge is 0.503 e. The summed E-state index contributed by atoms with van der Waals surface area (Å²) in [7, 11) is 0. The fourth-order valence-electron chi connectivity index (χ4n) is 0.685. The summed E-state index contributed by atoms with van der Waals surface area (Å²) >= 11 is 0. The standard InChI is InChI=1S/C7H16O3.2CH2O3/c1-4-5-7(10-8)9-6(2)3;2*2-1(3)4/h6-8H,4-5H2,1-3H3;2*(H2,2,3,4). The molecule has 0 aromatic carbocycles. The van der Waals surface area contributed by atoms with E-state index in [1.54, 1.807) is 0 Å². The molecule has 0 heterocycles. The van der Waals surface area contributed by atoms with E-state index in [0.29, 0.717) is 0 Å². The highest BCUT2D eigenvalue weighted by Crippen LogP contribution is 2.04. The number of hydrogen-bond acceptors (Lipinski definition) is 5. The van der Waals surface area contributed by atoms with Crippen LogP contribution in [-0.2, 0) is 9.62 Å². The van der Waals surface area contributed by atoms with E-state index in [0.717, 1.165) is 12.8 Å². The van der Waals surface area contributed by atoms with Crippen molar-refractivity contribution in [1.82, 2.24) is 0 Å². The molecule has 110 valence electrons. The smallest absolute Gasteiger partial charge is 0.450 e. The van der Waals surface area contributed by atoms with Gasteiger partial charge in [-0.25, -0.2) is 19.7 Å². The maximum atomic E-state index is 8.56. The van der Waals surface area contributed by atoms with Crippen molar-refractivity contribution < 1.29 is 44.9 Å². The Balaban J connectivity index is -0.000000233. The van der Waals surface area contributed by atoms with Crippen LogP contribution in [0.5, 0.6) is 0 Å². The summed E-state index contributed by atoms with van der Waals surface area (Å²) in [5, 5.41) is 36.2. The second kappa shape index (κ2) is 15.4. The molecular weight excluding hydrogens is 252 g/mol. The van der Waals surface area contributed by atoms with Crippen molar-refractivity contribution in [3.63, 3.8) is 0 Å². The lowest BCUT2D eigenvalue weighted by molar-refractivity contribution is -0.353. The van der Waals surface area contributed by atoms with Gasteiger partial charge in [0.15, 0.2) is 6.29 Å². The molecule has 1 atom stereocenters. The number of carboxylic acid groups (broad SMARTS) is 4. The van der Waals surface area contributed by atoms with Crippen molar-refractivity contribution >= 4 is 12.3 Å². The SMILES string of the molecule is CCCC(OO)OC(C)C.O=C(O)O.O=C(O)O. The van der Waals surface area contributed by atoms with Crippen molar-refractivity contribution in [1.29, 1.82) is 0 Å². The third-order valence-electron chi connectivity index (χ3n) is 1.07. The first kappa shape index (κ1) is 21.7. The highest BCUT2D eigenvalue weighted by molar-refractivity contribution is 5.53. The normalized spacial score (nSPS) is 10.5. The van der Waals surface area contributed by atoms with Crippen molar-refractivity contribution in [2.75, 3.05) is 0 Å². The zero-order valence-electron chi connectivity index (χ0n) is 10.4. The maximum absolute atomic E-state index is 8.56. The van der Waals surface area contributed by atoms with E-state index in [2.05, 4.69) is 4.89 Å². The molecule has 0 aliphatic carbocycles. The van der Waals surface area contributed by atoms with Gasteiger partial charge >= 0.3 is 12.3 Å². The average molecular weight is 272 g/mol. The Morgan fingerprint density at radius 3 is 1.56 bits per heavy atom. The lowest BCUT2D eigenvalue weighted by Gasteiger charge is -2.15. The van der Waals surface area contributed by atoms with Crippen LogP contribution in [0.25, 0.3) is 0 Å². The van der Waals surface area contributed by atoms with Crippen molar-refractivity contribution in [3.05, 3.63) is 0 Å². The summed E-state index contributed by atoms with van der Waals surface area (Å²) in [6, 6.07) is 0. The molecule has 0 fully saturated rings. The molecule has 0 spiro atoms. The molecule has 5 N–H and O–H groups in total. The van der Waals surface area contributed by atoms with E-state index in [9.17, 15) is 0 Å². The van der Waals surface area contributed by atoms with Crippen LogP contribution in [0.2, 0.25) is 0 Å². The van der Waals surface area contributed by atoms with Gasteiger partial charge in [-0.2, -0.15) is 0 Å². The Labute approximate surface area is 104 Å². The van der Waals surface area contributed by atoms with E-state index in [-0.39, 0.29) is 6.10 Å². The van der Waals surface area contributed by atoms with E-state index >= 15 is 0 Å². The van der Waals surface area contributed by atoms with Crippen LogP contribution in [0.15, 0.2) is 0 Å². The predicted molar refractivity (Wildman–Crippen MR) is 59.9 cm³/mol. The Bertz CT molecular complexity index is 184. The van der Waals surface area contributed by atoms with Gasteiger partial charge in [0, 0.05) is 6.42 Å². The second-order valence-corrected chi connectivity index (χ2v) is 3.07. The molecule has 1 unspecified atom stereocenters. The van der Waals surface area contributed by atoms with Gasteiger partial charge in [0.2, 0.25) is 0 Å². The zero-order chi connectivity index (χ0) is 15.1. The van der Waals surface area contributed by atoms with Gasteiger partial charge in [0.25, 0.3) is 0 Å². The summed E-state index contributed by atoms with van der Waals surface area (Å²) in [6.45, 7) is 5.82. The monoisotopic (exact) mass is 272 g/mol. The molecule has 0 saturated carbocycles. The maximum Gasteiger partial charge on any atom is 0.503 e. The van der Waals surface area contributed by atoms with E-state index in [1.807, 2.05) is 20.8 Å². The van der Waals surface area contributed by atoms with Gasteiger partial charge in [-0.15, -0.1) is 0 Å². The second-order valence-electron chi connectivity index (χ2n) is 3.07. The lowest BCUT2D eigenvalue weighted by Crippen LogP contribution is -2.19. The quantitative estimate of drug-likeness (QED) is 0.288. The molecule has 0 radical (unpaired) electrons. The molecule has 0 aliphatic rings. The number of hydrogen-bond donors (Lipinski definition) is 5. The van der Waals surface area contributed by atoms with Gasteiger partial charge in [-0.1, -0.05) is 13.3 Å². The minimum absolute atomic E-state index is 0.101. The highest BCUT2D eigenvalue weighted by Gasteiger charge is 2.08. The number of rotatable bonds is 5. The molecule has 18 heavy (non-hydrogen) atoms. The van der Waals surface area contributed by atoms with Crippen LogP contribution in [0.4, 0.5) is 9.59 Å².